The van der Waals surface area contributed by atoms with E-state index in [0.717, 1.165) is 5.56 Å². The van der Waals surface area contributed by atoms with Gasteiger partial charge in [0.05, 0.1) is 4.75 Å². The number of aryl methyl sites for hydroxylation is 1. The van der Waals surface area contributed by atoms with Crippen molar-refractivity contribution in [1.29, 1.82) is 0 Å². The van der Waals surface area contributed by atoms with Crippen LogP contribution in [-0.4, -0.2) is 45.8 Å². The second-order valence-corrected chi connectivity index (χ2v) is 9.74. The van der Waals surface area contributed by atoms with Crippen LogP contribution in [-0.2, 0) is 21.9 Å². The third-order valence-corrected chi connectivity index (χ3v) is 6.17. The molecule has 1 heterocycles. The Morgan fingerprint density at radius 3 is 2.37 bits per heavy atom. The van der Waals surface area contributed by atoms with Crippen LogP contribution in [0.1, 0.15) is 40.0 Å². The first-order valence-electron chi connectivity index (χ1n) is 8.72. The molecule has 148 valence electrons. The van der Waals surface area contributed by atoms with E-state index in [4.69, 9.17) is 0 Å². The molecule has 2 aromatic rings. The molecule has 1 aromatic carbocycles. The van der Waals surface area contributed by atoms with E-state index in [2.05, 4.69) is 25.6 Å². The van der Waals surface area contributed by atoms with E-state index in [1.807, 2.05) is 12.1 Å². The Balaban J connectivity index is 1.74. The van der Waals surface area contributed by atoms with Gasteiger partial charge in [-0.3, -0.25) is 4.79 Å². The molecule has 2 rings (SSSR count). The molecule has 0 radical (unpaired) electrons. The van der Waals surface area contributed by atoms with Crippen molar-refractivity contribution in [2.24, 2.45) is 7.05 Å². The number of anilines is 1. The number of hydrogen-bond donors (Lipinski definition) is 2. The standard InChI is InChI=1S/C17H26N6O3S/c1-17(2,3)27(25,26)18-12-6-5-7-15(24)19-14-10-8-13(9-11-14)16-20-21-22-23(16)4/h8-11,18H,5-7,12H2,1-4H3,(H,19,24). The maximum absolute atomic E-state index is 12.0. The highest BCUT2D eigenvalue weighted by atomic mass is 32.2. The number of benzene rings is 1. The molecule has 10 heteroatoms. The molecule has 0 fully saturated rings. The zero-order chi connectivity index (χ0) is 20.1. The Morgan fingerprint density at radius 1 is 1.15 bits per heavy atom. The number of aromatic nitrogens is 4. The van der Waals surface area contributed by atoms with Gasteiger partial charge in [0, 0.05) is 31.3 Å². The van der Waals surface area contributed by atoms with E-state index in [9.17, 15) is 13.2 Å². The number of tetrazole rings is 1. The van der Waals surface area contributed by atoms with E-state index in [0.29, 0.717) is 37.3 Å². The molecular weight excluding hydrogens is 368 g/mol. The molecule has 1 amide bonds. The van der Waals surface area contributed by atoms with Gasteiger partial charge >= 0.3 is 0 Å². The highest BCUT2D eigenvalue weighted by molar-refractivity contribution is 7.90. The minimum Gasteiger partial charge on any atom is -0.326 e. The number of carbonyl (C=O) groups excluding carboxylic acids is 1. The van der Waals surface area contributed by atoms with Crippen molar-refractivity contribution >= 4 is 21.6 Å². The van der Waals surface area contributed by atoms with Crippen molar-refractivity contribution in [1.82, 2.24) is 24.9 Å². The van der Waals surface area contributed by atoms with E-state index < -0.39 is 14.8 Å². The number of nitrogens with one attached hydrogen (secondary N) is 2. The Kier molecular flexibility index (Phi) is 6.66. The molecule has 2 N–H and O–H groups in total. The summed E-state index contributed by atoms with van der Waals surface area (Å²) in [5.74, 6) is 0.535. The van der Waals surface area contributed by atoms with Crippen LogP contribution in [0.4, 0.5) is 5.69 Å². The molecule has 0 unspecified atom stereocenters. The lowest BCUT2D eigenvalue weighted by Gasteiger charge is -2.19. The van der Waals surface area contributed by atoms with Crippen molar-refractivity contribution < 1.29 is 13.2 Å². The van der Waals surface area contributed by atoms with Crippen LogP contribution in [0.25, 0.3) is 11.4 Å². The van der Waals surface area contributed by atoms with Gasteiger partial charge in [-0.2, -0.15) is 0 Å². The van der Waals surface area contributed by atoms with Gasteiger partial charge in [-0.25, -0.2) is 17.8 Å². The minimum absolute atomic E-state index is 0.109. The maximum Gasteiger partial charge on any atom is 0.224 e. The largest absolute Gasteiger partial charge is 0.326 e. The summed E-state index contributed by atoms with van der Waals surface area (Å²) in [7, 11) is -1.58. The fraction of sp³-hybridized carbons (Fsp3) is 0.529. The molecular formula is C17H26N6O3S. The molecule has 0 bridgehead atoms. The monoisotopic (exact) mass is 394 g/mol. The number of carbonyl (C=O) groups is 1. The summed E-state index contributed by atoms with van der Waals surface area (Å²) in [6.07, 6.45) is 1.52. The number of unbranched alkanes of at least 4 members (excludes halogenated alkanes) is 1. The lowest BCUT2D eigenvalue weighted by Crippen LogP contribution is -2.39. The first kappa shape index (κ1) is 21.0. The van der Waals surface area contributed by atoms with Gasteiger partial charge in [0.25, 0.3) is 0 Å². The van der Waals surface area contributed by atoms with Gasteiger partial charge < -0.3 is 5.32 Å². The van der Waals surface area contributed by atoms with Crippen molar-refractivity contribution in [3.05, 3.63) is 24.3 Å². The summed E-state index contributed by atoms with van der Waals surface area (Å²) >= 11 is 0. The Hall–Kier alpha value is -2.33. The summed E-state index contributed by atoms with van der Waals surface area (Å²) in [5, 5.41) is 14.1. The predicted molar refractivity (Wildman–Crippen MR) is 103 cm³/mol. The summed E-state index contributed by atoms with van der Waals surface area (Å²) < 4.78 is 27.1. The van der Waals surface area contributed by atoms with Crippen molar-refractivity contribution in [3.8, 4) is 11.4 Å². The summed E-state index contributed by atoms with van der Waals surface area (Å²) in [6.45, 7) is 5.27. The topological polar surface area (TPSA) is 119 Å². The van der Waals surface area contributed by atoms with Gasteiger partial charge in [0.1, 0.15) is 0 Å². The second kappa shape index (κ2) is 8.57. The minimum atomic E-state index is -3.34. The van der Waals surface area contributed by atoms with E-state index >= 15 is 0 Å². The average molecular weight is 395 g/mol. The third kappa shape index (κ3) is 5.83. The molecule has 0 spiro atoms. The Labute approximate surface area is 159 Å². The van der Waals surface area contributed by atoms with E-state index in [1.54, 1.807) is 44.6 Å². The fourth-order valence-electron chi connectivity index (χ4n) is 2.23. The lowest BCUT2D eigenvalue weighted by atomic mass is 10.2. The van der Waals surface area contributed by atoms with Crippen LogP contribution in [0.5, 0.6) is 0 Å². The molecule has 0 aliphatic rings. The zero-order valence-electron chi connectivity index (χ0n) is 16.1. The zero-order valence-corrected chi connectivity index (χ0v) is 16.9. The summed E-state index contributed by atoms with van der Waals surface area (Å²) in [5.41, 5.74) is 1.54. The summed E-state index contributed by atoms with van der Waals surface area (Å²) in [6, 6.07) is 7.25. The summed E-state index contributed by atoms with van der Waals surface area (Å²) in [4.78, 5) is 12.0. The first-order chi connectivity index (χ1) is 12.6. The lowest BCUT2D eigenvalue weighted by molar-refractivity contribution is -0.116. The van der Waals surface area contributed by atoms with E-state index in [1.165, 1.54) is 0 Å². The van der Waals surface area contributed by atoms with Crippen LogP contribution in [0.2, 0.25) is 0 Å². The van der Waals surface area contributed by atoms with Crippen LogP contribution in [0, 0.1) is 0 Å². The first-order valence-corrected chi connectivity index (χ1v) is 10.2. The van der Waals surface area contributed by atoms with Crippen LogP contribution in [0.3, 0.4) is 0 Å². The predicted octanol–water partition coefficient (Wildman–Crippen LogP) is 1.70. The number of hydrogen-bond acceptors (Lipinski definition) is 6. The number of nitrogens with zero attached hydrogens (tertiary/aromatic N) is 4. The van der Waals surface area contributed by atoms with Crippen LogP contribution >= 0.6 is 0 Å². The average Bonchev–Trinajstić information content (AvgIpc) is 3.00. The number of rotatable bonds is 8. The highest BCUT2D eigenvalue weighted by Gasteiger charge is 2.27. The molecule has 0 saturated carbocycles. The SMILES string of the molecule is Cn1nnnc1-c1ccc(NC(=O)CCCCNS(=O)(=O)C(C)(C)C)cc1. The molecule has 1 aromatic heterocycles. The molecule has 0 atom stereocenters. The normalized spacial score (nSPS) is 12.1. The van der Waals surface area contributed by atoms with Crippen molar-refractivity contribution in [3.63, 3.8) is 0 Å². The van der Waals surface area contributed by atoms with Gasteiger partial charge in [-0.15, -0.1) is 5.10 Å². The molecule has 27 heavy (non-hydrogen) atoms. The fourth-order valence-corrected chi connectivity index (χ4v) is 3.08. The van der Waals surface area contributed by atoms with Crippen LogP contribution in [0.15, 0.2) is 24.3 Å². The second-order valence-electron chi connectivity index (χ2n) is 7.22. The Morgan fingerprint density at radius 2 is 1.81 bits per heavy atom. The quantitative estimate of drug-likeness (QED) is 0.658. The number of amides is 1. The molecule has 9 nitrogen and oxygen atoms in total. The maximum atomic E-state index is 12.0. The van der Waals surface area contributed by atoms with E-state index in [-0.39, 0.29) is 5.91 Å². The smallest absolute Gasteiger partial charge is 0.224 e. The number of sulfonamides is 1. The van der Waals surface area contributed by atoms with Gasteiger partial charge in [0.15, 0.2) is 5.82 Å². The van der Waals surface area contributed by atoms with Crippen molar-refractivity contribution in [2.75, 3.05) is 11.9 Å². The highest BCUT2D eigenvalue weighted by Crippen LogP contribution is 2.18. The van der Waals surface area contributed by atoms with Gasteiger partial charge in [-0.1, -0.05) is 0 Å². The third-order valence-electron chi connectivity index (χ3n) is 3.98. The van der Waals surface area contributed by atoms with Crippen molar-refractivity contribution in [2.45, 2.75) is 44.8 Å². The molecule has 0 aliphatic heterocycles. The van der Waals surface area contributed by atoms with Crippen LogP contribution < -0.4 is 10.0 Å². The Bertz CT molecular complexity index is 869. The van der Waals surface area contributed by atoms with Gasteiger partial charge in [-0.05, 0) is 68.3 Å². The van der Waals surface area contributed by atoms with Gasteiger partial charge in [0.2, 0.25) is 15.9 Å². The molecule has 0 aliphatic carbocycles. The molecule has 0 saturated heterocycles.